The summed E-state index contributed by atoms with van der Waals surface area (Å²) in [6, 6.07) is 5.36. The first-order valence-electron chi connectivity index (χ1n) is 6.40. The Morgan fingerprint density at radius 1 is 1.15 bits per heavy atom. The van der Waals surface area contributed by atoms with Crippen LogP contribution in [0.4, 0.5) is 17.5 Å². The molecule has 0 amide bonds. The molecule has 2 heterocycles. The summed E-state index contributed by atoms with van der Waals surface area (Å²) in [4.78, 5) is 6.65. The highest BCUT2D eigenvalue weighted by atomic mass is 35.5. The highest BCUT2D eigenvalue weighted by Crippen LogP contribution is 2.31. The van der Waals surface area contributed by atoms with Crippen molar-refractivity contribution in [2.24, 2.45) is 0 Å². The van der Waals surface area contributed by atoms with E-state index in [1.54, 1.807) is 12.3 Å². The highest BCUT2D eigenvalue weighted by Gasteiger charge is 2.15. The van der Waals surface area contributed by atoms with E-state index in [-0.39, 0.29) is 0 Å². The molecule has 2 aromatic rings. The van der Waals surface area contributed by atoms with Gasteiger partial charge in [0, 0.05) is 13.1 Å². The Kier molecular flexibility index (Phi) is 3.89. The molecule has 1 aromatic heterocycles. The van der Waals surface area contributed by atoms with Crippen molar-refractivity contribution in [2.75, 3.05) is 23.3 Å². The Bertz CT molecular complexity index is 613. The van der Waals surface area contributed by atoms with Gasteiger partial charge in [-0.15, -0.1) is 5.10 Å². The predicted molar refractivity (Wildman–Crippen MR) is 81.0 cm³/mol. The van der Waals surface area contributed by atoms with E-state index in [2.05, 4.69) is 25.4 Å². The number of anilines is 3. The average molecular weight is 310 g/mol. The first kappa shape index (κ1) is 13.4. The standard InChI is InChI=1S/C13H13Cl2N5/c14-9-4-3-5-10(12(9)15)17-13-18-11(8-16-19-13)20-6-1-2-7-20/h3-5,8H,1-2,6-7H2,(H,17,18,19). The number of rotatable bonds is 3. The molecule has 0 bridgehead atoms. The first-order valence-corrected chi connectivity index (χ1v) is 7.15. The molecule has 1 fully saturated rings. The predicted octanol–water partition coefficient (Wildman–Crippen LogP) is 3.52. The van der Waals surface area contributed by atoms with Gasteiger partial charge >= 0.3 is 0 Å². The summed E-state index contributed by atoms with van der Waals surface area (Å²) >= 11 is 12.1. The van der Waals surface area contributed by atoms with Crippen LogP contribution in [0.5, 0.6) is 0 Å². The second kappa shape index (κ2) is 5.81. The molecular weight excluding hydrogens is 297 g/mol. The molecule has 0 saturated carbocycles. The molecule has 3 rings (SSSR count). The van der Waals surface area contributed by atoms with Crippen LogP contribution in [-0.2, 0) is 0 Å². The number of benzene rings is 1. The molecule has 1 saturated heterocycles. The Hall–Kier alpha value is -1.59. The van der Waals surface area contributed by atoms with Crippen LogP contribution < -0.4 is 10.2 Å². The van der Waals surface area contributed by atoms with Gasteiger partial charge in [0.25, 0.3) is 0 Å². The molecule has 1 aliphatic rings. The number of nitrogens with zero attached hydrogens (tertiary/aromatic N) is 4. The smallest absolute Gasteiger partial charge is 0.249 e. The Morgan fingerprint density at radius 2 is 1.95 bits per heavy atom. The van der Waals surface area contributed by atoms with Crippen LogP contribution in [0, 0.1) is 0 Å². The van der Waals surface area contributed by atoms with Gasteiger partial charge in [-0.25, -0.2) is 0 Å². The van der Waals surface area contributed by atoms with Gasteiger partial charge in [-0.1, -0.05) is 29.3 Å². The maximum absolute atomic E-state index is 6.13. The lowest BCUT2D eigenvalue weighted by molar-refractivity contribution is 0.890. The lowest BCUT2D eigenvalue weighted by atomic mass is 10.3. The molecule has 0 aliphatic carbocycles. The normalized spacial score (nSPS) is 14.6. The molecule has 1 aliphatic heterocycles. The summed E-state index contributed by atoms with van der Waals surface area (Å²) in [5.74, 6) is 1.25. The van der Waals surface area contributed by atoms with Crippen LogP contribution in [0.2, 0.25) is 10.0 Å². The topological polar surface area (TPSA) is 53.9 Å². The summed E-state index contributed by atoms with van der Waals surface area (Å²) in [7, 11) is 0. The van der Waals surface area contributed by atoms with Gasteiger partial charge in [-0.2, -0.15) is 10.1 Å². The number of hydrogen-bond acceptors (Lipinski definition) is 5. The highest BCUT2D eigenvalue weighted by molar-refractivity contribution is 6.43. The fourth-order valence-corrected chi connectivity index (χ4v) is 2.52. The Labute approximate surface area is 126 Å². The van der Waals surface area contributed by atoms with Gasteiger partial charge in [0.1, 0.15) is 0 Å². The van der Waals surface area contributed by atoms with E-state index in [0.29, 0.717) is 21.7 Å². The van der Waals surface area contributed by atoms with Gasteiger partial charge in [-0.05, 0) is 25.0 Å². The lowest BCUT2D eigenvalue weighted by Crippen LogP contribution is -2.19. The molecule has 20 heavy (non-hydrogen) atoms. The van der Waals surface area contributed by atoms with E-state index >= 15 is 0 Å². The van der Waals surface area contributed by atoms with Crippen LogP contribution in [0.3, 0.4) is 0 Å². The fourth-order valence-electron chi connectivity index (χ4n) is 2.17. The molecule has 7 heteroatoms. The zero-order valence-electron chi connectivity index (χ0n) is 10.7. The molecule has 1 N–H and O–H groups in total. The zero-order valence-corrected chi connectivity index (χ0v) is 12.2. The number of nitrogens with one attached hydrogen (secondary N) is 1. The minimum absolute atomic E-state index is 0.415. The maximum Gasteiger partial charge on any atom is 0.249 e. The number of halogens is 2. The molecule has 5 nitrogen and oxygen atoms in total. The van der Waals surface area contributed by atoms with E-state index in [0.717, 1.165) is 18.9 Å². The minimum Gasteiger partial charge on any atom is -0.355 e. The van der Waals surface area contributed by atoms with Crippen molar-refractivity contribution in [1.29, 1.82) is 0 Å². The van der Waals surface area contributed by atoms with Crippen molar-refractivity contribution in [3.05, 3.63) is 34.4 Å². The fraction of sp³-hybridized carbons (Fsp3) is 0.308. The largest absolute Gasteiger partial charge is 0.355 e. The van der Waals surface area contributed by atoms with Gasteiger partial charge in [0.15, 0.2) is 5.82 Å². The maximum atomic E-state index is 6.13. The Morgan fingerprint density at radius 3 is 2.75 bits per heavy atom. The second-order valence-corrected chi connectivity index (χ2v) is 5.34. The minimum atomic E-state index is 0.415. The summed E-state index contributed by atoms with van der Waals surface area (Å²) < 4.78 is 0. The third kappa shape index (κ3) is 2.78. The first-order chi connectivity index (χ1) is 9.74. The van der Waals surface area contributed by atoms with E-state index in [4.69, 9.17) is 23.2 Å². The third-order valence-corrected chi connectivity index (χ3v) is 3.99. The summed E-state index contributed by atoms with van der Waals surface area (Å²) in [6.45, 7) is 2.02. The van der Waals surface area contributed by atoms with E-state index in [1.165, 1.54) is 12.8 Å². The third-order valence-electron chi connectivity index (χ3n) is 3.17. The molecule has 1 aromatic carbocycles. The zero-order chi connectivity index (χ0) is 13.9. The molecule has 0 unspecified atom stereocenters. The molecule has 0 radical (unpaired) electrons. The van der Waals surface area contributed by atoms with Crippen LogP contribution in [0.25, 0.3) is 0 Å². The second-order valence-electron chi connectivity index (χ2n) is 4.56. The quantitative estimate of drug-likeness (QED) is 0.940. The SMILES string of the molecule is Clc1cccc(Nc2nncc(N3CCCC3)n2)c1Cl. The summed E-state index contributed by atoms with van der Waals surface area (Å²) in [5.41, 5.74) is 0.666. The number of aromatic nitrogens is 3. The van der Waals surface area contributed by atoms with Crippen LogP contribution in [0.15, 0.2) is 24.4 Å². The van der Waals surface area contributed by atoms with E-state index < -0.39 is 0 Å². The van der Waals surface area contributed by atoms with Crippen molar-refractivity contribution >= 4 is 40.7 Å². The van der Waals surface area contributed by atoms with Gasteiger partial charge in [-0.3, -0.25) is 0 Å². The van der Waals surface area contributed by atoms with Crippen molar-refractivity contribution in [1.82, 2.24) is 15.2 Å². The molecule has 0 atom stereocenters. The van der Waals surface area contributed by atoms with Gasteiger partial charge in [0.05, 0.1) is 21.9 Å². The molecular formula is C13H13Cl2N5. The monoisotopic (exact) mass is 309 g/mol. The van der Waals surface area contributed by atoms with Crippen LogP contribution in [-0.4, -0.2) is 28.3 Å². The van der Waals surface area contributed by atoms with Crippen molar-refractivity contribution in [3.63, 3.8) is 0 Å². The van der Waals surface area contributed by atoms with Crippen LogP contribution in [0.1, 0.15) is 12.8 Å². The lowest BCUT2D eigenvalue weighted by Gasteiger charge is -2.16. The summed E-state index contributed by atoms with van der Waals surface area (Å²) in [6.07, 6.45) is 4.05. The van der Waals surface area contributed by atoms with Crippen LogP contribution >= 0.6 is 23.2 Å². The van der Waals surface area contributed by atoms with Gasteiger partial charge in [0.2, 0.25) is 5.95 Å². The van der Waals surface area contributed by atoms with E-state index in [9.17, 15) is 0 Å². The number of hydrogen-bond donors (Lipinski definition) is 1. The summed E-state index contributed by atoms with van der Waals surface area (Å²) in [5, 5.41) is 11.9. The average Bonchev–Trinajstić information content (AvgIpc) is 2.98. The van der Waals surface area contributed by atoms with Crippen molar-refractivity contribution in [3.8, 4) is 0 Å². The Balaban J connectivity index is 1.83. The van der Waals surface area contributed by atoms with Crippen molar-refractivity contribution in [2.45, 2.75) is 12.8 Å². The van der Waals surface area contributed by atoms with Gasteiger partial charge < -0.3 is 10.2 Å². The molecule has 104 valence electrons. The van der Waals surface area contributed by atoms with E-state index in [1.807, 2.05) is 12.1 Å². The molecule has 0 spiro atoms. The van der Waals surface area contributed by atoms with Crippen molar-refractivity contribution < 1.29 is 0 Å².